The third kappa shape index (κ3) is 4.11. The fourth-order valence-corrected chi connectivity index (χ4v) is 2.30. The molecule has 0 heterocycles. The topological polar surface area (TPSA) is 47.3 Å². The third-order valence-electron chi connectivity index (χ3n) is 2.99. The van der Waals surface area contributed by atoms with Crippen molar-refractivity contribution in [3.05, 3.63) is 52.3 Å². The van der Waals surface area contributed by atoms with Gasteiger partial charge in [-0.1, -0.05) is 41.1 Å². The Morgan fingerprint density at radius 3 is 2.76 bits per heavy atom. The van der Waals surface area contributed by atoms with Gasteiger partial charge in [-0.05, 0) is 18.1 Å². The van der Waals surface area contributed by atoms with Crippen LogP contribution in [-0.2, 0) is 6.54 Å². The summed E-state index contributed by atoms with van der Waals surface area (Å²) in [4.78, 5) is 0. The van der Waals surface area contributed by atoms with Gasteiger partial charge >= 0.3 is 0 Å². The lowest BCUT2D eigenvalue weighted by molar-refractivity contribution is 0.301. The van der Waals surface area contributed by atoms with Gasteiger partial charge in [-0.15, -0.1) is 0 Å². The molecule has 2 rings (SSSR count). The minimum Gasteiger partial charge on any atom is -0.490 e. The largest absolute Gasteiger partial charge is 0.490 e. The molecule has 0 saturated carbocycles. The predicted molar refractivity (Wildman–Crippen MR) is 88.1 cm³/mol. The molecule has 0 fully saturated rings. The smallest absolute Gasteiger partial charge is 0.167 e. The second-order valence-electron chi connectivity index (χ2n) is 4.66. The maximum atomic E-state index is 13.7. The van der Waals surface area contributed by atoms with Crippen LogP contribution in [0.3, 0.4) is 0 Å². The van der Waals surface area contributed by atoms with Crippen LogP contribution in [0.4, 0.5) is 15.8 Å². The highest BCUT2D eigenvalue weighted by molar-refractivity contribution is 9.10. The van der Waals surface area contributed by atoms with Crippen LogP contribution in [0.1, 0.15) is 18.9 Å². The normalized spacial score (nSPS) is 10.4. The molecule has 0 aliphatic rings. The maximum absolute atomic E-state index is 13.7. The molecule has 0 bridgehead atoms. The molecule has 0 radical (unpaired) electrons. The minimum atomic E-state index is -0.438. The highest BCUT2D eigenvalue weighted by atomic mass is 79.9. The number of ether oxygens (including phenoxy) is 1. The van der Waals surface area contributed by atoms with Gasteiger partial charge in [0.25, 0.3) is 0 Å². The van der Waals surface area contributed by atoms with E-state index in [0.717, 1.165) is 16.5 Å². The number of nitrogens with two attached hydrogens (primary N) is 1. The Morgan fingerprint density at radius 1 is 1.29 bits per heavy atom. The van der Waals surface area contributed by atoms with Gasteiger partial charge in [0, 0.05) is 23.2 Å². The number of benzene rings is 2. The van der Waals surface area contributed by atoms with Gasteiger partial charge < -0.3 is 15.8 Å². The average molecular weight is 353 g/mol. The molecule has 0 unspecified atom stereocenters. The predicted octanol–water partition coefficient (Wildman–Crippen LogP) is 4.57. The molecule has 0 saturated heterocycles. The maximum Gasteiger partial charge on any atom is 0.167 e. The van der Waals surface area contributed by atoms with Crippen molar-refractivity contribution < 1.29 is 9.13 Å². The molecule has 2 aromatic rings. The molecule has 0 aliphatic heterocycles. The van der Waals surface area contributed by atoms with E-state index in [1.165, 1.54) is 6.07 Å². The van der Waals surface area contributed by atoms with Gasteiger partial charge in [-0.3, -0.25) is 0 Å². The van der Waals surface area contributed by atoms with Crippen molar-refractivity contribution in [2.45, 2.75) is 19.9 Å². The number of hydrogen-bond acceptors (Lipinski definition) is 3. The third-order valence-corrected chi connectivity index (χ3v) is 3.77. The first kappa shape index (κ1) is 15.6. The molecule has 0 spiro atoms. The van der Waals surface area contributed by atoms with Crippen LogP contribution >= 0.6 is 15.9 Å². The van der Waals surface area contributed by atoms with E-state index in [1.807, 2.05) is 31.2 Å². The van der Waals surface area contributed by atoms with Gasteiger partial charge in [-0.25, -0.2) is 4.39 Å². The lowest BCUT2D eigenvalue weighted by Crippen LogP contribution is -2.05. The highest BCUT2D eigenvalue weighted by Gasteiger charge is 2.09. The lowest BCUT2D eigenvalue weighted by atomic mass is 10.2. The van der Waals surface area contributed by atoms with Crippen molar-refractivity contribution >= 4 is 27.3 Å². The zero-order valence-corrected chi connectivity index (χ0v) is 13.4. The van der Waals surface area contributed by atoms with Crippen LogP contribution in [0.2, 0.25) is 0 Å². The summed E-state index contributed by atoms with van der Waals surface area (Å²) in [5.41, 5.74) is 7.98. The van der Waals surface area contributed by atoms with E-state index in [0.29, 0.717) is 24.5 Å². The molecule has 2 aromatic carbocycles. The number of halogens is 2. The lowest BCUT2D eigenvalue weighted by Gasteiger charge is -2.13. The van der Waals surface area contributed by atoms with Crippen molar-refractivity contribution in [1.82, 2.24) is 0 Å². The van der Waals surface area contributed by atoms with Gasteiger partial charge in [0.2, 0.25) is 0 Å². The van der Waals surface area contributed by atoms with E-state index in [2.05, 4.69) is 21.2 Å². The van der Waals surface area contributed by atoms with E-state index < -0.39 is 5.82 Å². The van der Waals surface area contributed by atoms with E-state index in [4.69, 9.17) is 10.5 Å². The summed E-state index contributed by atoms with van der Waals surface area (Å²) in [7, 11) is 0. The Labute approximate surface area is 132 Å². The Hall–Kier alpha value is -1.75. The zero-order valence-electron chi connectivity index (χ0n) is 11.8. The first-order chi connectivity index (χ1) is 10.1. The monoisotopic (exact) mass is 352 g/mol. The highest BCUT2D eigenvalue weighted by Crippen LogP contribution is 2.29. The molecule has 21 heavy (non-hydrogen) atoms. The van der Waals surface area contributed by atoms with Crippen LogP contribution in [0.25, 0.3) is 0 Å². The SMILES string of the molecule is CCCOc1cc(NCc2ccccc2Br)c(N)cc1F. The minimum absolute atomic E-state index is 0.223. The molecule has 0 amide bonds. The van der Waals surface area contributed by atoms with Crippen molar-refractivity contribution in [3.8, 4) is 5.75 Å². The van der Waals surface area contributed by atoms with Gasteiger partial charge in [0.15, 0.2) is 11.6 Å². The van der Waals surface area contributed by atoms with Gasteiger partial charge in [0.1, 0.15) is 0 Å². The van der Waals surface area contributed by atoms with Crippen LogP contribution < -0.4 is 15.8 Å². The number of rotatable bonds is 6. The molecular formula is C16H18BrFN2O. The molecule has 112 valence electrons. The second kappa shape index (κ2) is 7.31. The van der Waals surface area contributed by atoms with Crippen molar-refractivity contribution in [2.75, 3.05) is 17.7 Å². The average Bonchev–Trinajstić information content (AvgIpc) is 2.47. The first-order valence-corrected chi connectivity index (χ1v) is 7.60. The summed E-state index contributed by atoms with van der Waals surface area (Å²) >= 11 is 3.49. The molecule has 3 N–H and O–H groups in total. The summed E-state index contributed by atoms with van der Waals surface area (Å²) in [6.45, 7) is 3.04. The summed E-state index contributed by atoms with van der Waals surface area (Å²) in [5, 5.41) is 3.21. The van der Waals surface area contributed by atoms with Crippen LogP contribution in [-0.4, -0.2) is 6.61 Å². The summed E-state index contributed by atoms with van der Waals surface area (Å²) < 4.78 is 20.1. The number of anilines is 2. The van der Waals surface area contributed by atoms with Crippen molar-refractivity contribution in [2.24, 2.45) is 0 Å². The van der Waals surface area contributed by atoms with E-state index in [1.54, 1.807) is 6.07 Å². The van der Waals surface area contributed by atoms with E-state index >= 15 is 0 Å². The summed E-state index contributed by atoms with van der Waals surface area (Å²) in [5.74, 6) is -0.215. The van der Waals surface area contributed by atoms with Gasteiger partial charge in [-0.2, -0.15) is 0 Å². The van der Waals surface area contributed by atoms with E-state index in [-0.39, 0.29) is 5.75 Å². The zero-order chi connectivity index (χ0) is 15.2. The quantitative estimate of drug-likeness (QED) is 0.748. The second-order valence-corrected chi connectivity index (χ2v) is 5.52. The summed E-state index contributed by atoms with van der Waals surface area (Å²) in [6.07, 6.45) is 0.823. The summed E-state index contributed by atoms with van der Waals surface area (Å²) in [6, 6.07) is 10.8. The Balaban J connectivity index is 2.14. The molecular weight excluding hydrogens is 335 g/mol. The standard InChI is InChI=1S/C16H18BrFN2O/c1-2-7-21-16-9-15(14(19)8-13(16)18)20-10-11-5-3-4-6-12(11)17/h3-6,8-9,20H,2,7,10,19H2,1H3. The van der Waals surface area contributed by atoms with Crippen LogP contribution in [0.5, 0.6) is 5.75 Å². The Kier molecular flexibility index (Phi) is 5.44. The van der Waals surface area contributed by atoms with Crippen molar-refractivity contribution in [3.63, 3.8) is 0 Å². The number of nitrogen functional groups attached to an aromatic ring is 1. The first-order valence-electron chi connectivity index (χ1n) is 6.81. The fraction of sp³-hybridized carbons (Fsp3) is 0.250. The molecule has 3 nitrogen and oxygen atoms in total. The molecule has 0 atom stereocenters. The molecule has 0 aliphatic carbocycles. The fourth-order valence-electron chi connectivity index (χ4n) is 1.88. The molecule has 0 aromatic heterocycles. The van der Waals surface area contributed by atoms with Crippen LogP contribution in [0, 0.1) is 5.82 Å². The Bertz CT molecular complexity index is 619. The number of hydrogen-bond donors (Lipinski definition) is 2. The van der Waals surface area contributed by atoms with Crippen LogP contribution in [0.15, 0.2) is 40.9 Å². The van der Waals surface area contributed by atoms with Crippen molar-refractivity contribution in [1.29, 1.82) is 0 Å². The molecule has 5 heteroatoms. The Morgan fingerprint density at radius 2 is 2.05 bits per heavy atom. The van der Waals surface area contributed by atoms with E-state index in [9.17, 15) is 4.39 Å². The number of nitrogens with one attached hydrogen (secondary N) is 1. The van der Waals surface area contributed by atoms with Gasteiger partial charge in [0.05, 0.1) is 18.0 Å².